The maximum absolute atomic E-state index is 5.11. The number of methoxy groups -OCH3 is 2. The third kappa shape index (κ3) is 5.05. The zero-order valence-corrected chi connectivity index (χ0v) is 7.53. The van der Waals surface area contributed by atoms with Crippen LogP contribution in [0.1, 0.15) is 0 Å². The summed E-state index contributed by atoms with van der Waals surface area (Å²) in [5.41, 5.74) is 0. The summed E-state index contributed by atoms with van der Waals surface area (Å²) < 4.78 is 13.0. The van der Waals surface area contributed by atoms with Crippen LogP contribution in [0.25, 0.3) is 0 Å². The van der Waals surface area contributed by atoms with Crippen LogP contribution in [0.3, 0.4) is 0 Å². The van der Waals surface area contributed by atoms with Crippen LogP contribution < -0.4 is 4.72 Å². The van der Waals surface area contributed by atoms with Crippen molar-refractivity contribution in [3.8, 4) is 0 Å². The lowest BCUT2D eigenvalue weighted by Crippen LogP contribution is -2.21. The smallest absolute Gasteiger partial charge is 0.0907 e. The van der Waals surface area contributed by atoms with Gasteiger partial charge in [0.15, 0.2) is 0 Å². The number of hydrogen-bond donors (Lipinski definition) is 1. The molecular formula is C6H15NO2S. The molecule has 1 N–H and O–H groups in total. The first-order valence-electron chi connectivity index (χ1n) is 3.15. The van der Waals surface area contributed by atoms with Gasteiger partial charge in [0.05, 0.1) is 12.7 Å². The SMILES string of the molecule is CNSCC(COC)OC. The van der Waals surface area contributed by atoms with Crippen LogP contribution in [0, 0.1) is 0 Å². The third-order valence-electron chi connectivity index (χ3n) is 1.10. The van der Waals surface area contributed by atoms with E-state index in [0.29, 0.717) is 6.61 Å². The fourth-order valence-electron chi connectivity index (χ4n) is 0.546. The van der Waals surface area contributed by atoms with Crippen molar-refractivity contribution in [2.75, 3.05) is 33.6 Å². The molecule has 0 saturated heterocycles. The zero-order valence-electron chi connectivity index (χ0n) is 6.72. The van der Waals surface area contributed by atoms with Crippen LogP contribution in [0.15, 0.2) is 0 Å². The summed E-state index contributed by atoms with van der Waals surface area (Å²) in [4.78, 5) is 0. The number of hydrogen-bond acceptors (Lipinski definition) is 4. The van der Waals surface area contributed by atoms with Gasteiger partial charge in [0.25, 0.3) is 0 Å². The summed E-state index contributed by atoms with van der Waals surface area (Å²) in [6, 6.07) is 0. The fourth-order valence-corrected chi connectivity index (χ4v) is 1.13. The van der Waals surface area contributed by atoms with E-state index in [9.17, 15) is 0 Å². The Hall–Kier alpha value is 0.230. The van der Waals surface area contributed by atoms with Gasteiger partial charge in [0.2, 0.25) is 0 Å². The van der Waals surface area contributed by atoms with Crippen LogP contribution in [-0.4, -0.2) is 39.7 Å². The minimum atomic E-state index is 0.197. The average Bonchev–Trinajstić information content (AvgIpc) is 1.98. The molecule has 0 amide bonds. The lowest BCUT2D eigenvalue weighted by molar-refractivity contribution is 0.0430. The normalized spacial score (nSPS) is 13.5. The van der Waals surface area contributed by atoms with E-state index in [1.807, 2.05) is 7.05 Å². The summed E-state index contributed by atoms with van der Waals surface area (Å²) >= 11 is 1.63. The van der Waals surface area contributed by atoms with E-state index in [0.717, 1.165) is 5.75 Å². The van der Waals surface area contributed by atoms with Gasteiger partial charge in [-0.25, -0.2) is 0 Å². The van der Waals surface area contributed by atoms with Gasteiger partial charge in [-0.05, 0) is 7.05 Å². The van der Waals surface area contributed by atoms with Gasteiger partial charge in [0, 0.05) is 20.0 Å². The first-order chi connectivity index (χ1) is 4.85. The van der Waals surface area contributed by atoms with E-state index >= 15 is 0 Å². The maximum Gasteiger partial charge on any atom is 0.0907 e. The highest BCUT2D eigenvalue weighted by Gasteiger charge is 2.04. The highest BCUT2D eigenvalue weighted by Crippen LogP contribution is 1.99. The molecule has 10 heavy (non-hydrogen) atoms. The lowest BCUT2D eigenvalue weighted by atomic mass is 10.4. The average molecular weight is 165 g/mol. The monoisotopic (exact) mass is 165 g/mol. The molecule has 0 saturated carbocycles. The second kappa shape index (κ2) is 7.34. The topological polar surface area (TPSA) is 30.5 Å². The minimum absolute atomic E-state index is 0.197. The second-order valence-corrected chi connectivity index (χ2v) is 2.86. The first-order valence-corrected chi connectivity index (χ1v) is 4.14. The summed E-state index contributed by atoms with van der Waals surface area (Å²) in [6.45, 7) is 0.658. The fraction of sp³-hybridized carbons (Fsp3) is 1.00. The summed E-state index contributed by atoms with van der Waals surface area (Å²) in [5, 5.41) is 0. The predicted octanol–water partition coefficient (Wildman–Crippen LogP) is 0.515. The quantitative estimate of drug-likeness (QED) is 0.581. The molecule has 62 valence electrons. The Morgan fingerprint density at radius 3 is 2.60 bits per heavy atom. The highest BCUT2D eigenvalue weighted by molar-refractivity contribution is 7.97. The summed E-state index contributed by atoms with van der Waals surface area (Å²) in [7, 11) is 5.26. The Kier molecular flexibility index (Phi) is 7.51. The molecule has 0 aromatic carbocycles. The maximum atomic E-state index is 5.11. The predicted molar refractivity (Wildman–Crippen MR) is 44.2 cm³/mol. The van der Waals surface area contributed by atoms with Crippen molar-refractivity contribution in [1.82, 2.24) is 4.72 Å². The molecular weight excluding hydrogens is 150 g/mol. The molecule has 0 radical (unpaired) electrons. The molecule has 1 unspecified atom stereocenters. The van der Waals surface area contributed by atoms with Gasteiger partial charge < -0.3 is 9.47 Å². The zero-order chi connectivity index (χ0) is 7.82. The van der Waals surface area contributed by atoms with Gasteiger partial charge in [-0.1, -0.05) is 11.9 Å². The molecule has 1 atom stereocenters. The van der Waals surface area contributed by atoms with Crippen LogP contribution in [0.2, 0.25) is 0 Å². The van der Waals surface area contributed by atoms with Crippen molar-refractivity contribution >= 4 is 11.9 Å². The Morgan fingerprint density at radius 1 is 1.50 bits per heavy atom. The van der Waals surface area contributed by atoms with Crippen LogP contribution >= 0.6 is 11.9 Å². The minimum Gasteiger partial charge on any atom is -0.382 e. The van der Waals surface area contributed by atoms with E-state index < -0.39 is 0 Å². The standard InChI is InChI=1S/C6H15NO2S/c1-7-10-5-6(9-3)4-8-2/h6-7H,4-5H2,1-3H3. The van der Waals surface area contributed by atoms with Crippen molar-refractivity contribution in [3.05, 3.63) is 0 Å². The molecule has 0 aromatic rings. The molecule has 0 bridgehead atoms. The Bertz CT molecular complexity index is 72.8. The highest BCUT2D eigenvalue weighted by atomic mass is 32.2. The van der Waals surface area contributed by atoms with Crippen molar-refractivity contribution in [2.24, 2.45) is 0 Å². The van der Waals surface area contributed by atoms with Gasteiger partial charge in [0.1, 0.15) is 0 Å². The van der Waals surface area contributed by atoms with Gasteiger partial charge in [-0.3, -0.25) is 4.72 Å². The van der Waals surface area contributed by atoms with Gasteiger partial charge in [-0.2, -0.15) is 0 Å². The van der Waals surface area contributed by atoms with E-state index in [2.05, 4.69) is 4.72 Å². The molecule has 0 rings (SSSR count). The van der Waals surface area contributed by atoms with E-state index in [1.165, 1.54) is 0 Å². The van der Waals surface area contributed by atoms with Crippen LogP contribution in [0.5, 0.6) is 0 Å². The van der Waals surface area contributed by atoms with Gasteiger partial charge in [-0.15, -0.1) is 0 Å². The summed E-state index contributed by atoms with van der Waals surface area (Å²) in [6.07, 6.45) is 0.197. The van der Waals surface area contributed by atoms with Crippen molar-refractivity contribution in [3.63, 3.8) is 0 Å². The lowest BCUT2D eigenvalue weighted by Gasteiger charge is -2.12. The molecule has 4 heteroatoms. The molecule has 0 aromatic heterocycles. The Labute approximate surface area is 66.6 Å². The number of nitrogens with one attached hydrogen (secondary N) is 1. The molecule has 0 spiro atoms. The van der Waals surface area contributed by atoms with Crippen molar-refractivity contribution in [1.29, 1.82) is 0 Å². The number of rotatable bonds is 6. The molecule has 0 heterocycles. The summed E-state index contributed by atoms with van der Waals surface area (Å²) in [5.74, 6) is 0.918. The van der Waals surface area contributed by atoms with E-state index in [1.54, 1.807) is 26.2 Å². The first kappa shape index (κ1) is 10.2. The molecule has 3 nitrogen and oxygen atoms in total. The van der Waals surface area contributed by atoms with Crippen molar-refractivity contribution < 1.29 is 9.47 Å². The van der Waals surface area contributed by atoms with Crippen molar-refractivity contribution in [2.45, 2.75) is 6.10 Å². The second-order valence-electron chi connectivity index (χ2n) is 1.83. The van der Waals surface area contributed by atoms with Crippen LogP contribution in [-0.2, 0) is 9.47 Å². The van der Waals surface area contributed by atoms with E-state index in [-0.39, 0.29) is 6.10 Å². The molecule has 0 aliphatic heterocycles. The number of ether oxygens (including phenoxy) is 2. The molecule has 0 aliphatic carbocycles. The molecule has 0 aliphatic rings. The van der Waals surface area contributed by atoms with Crippen LogP contribution in [0.4, 0.5) is 0 Å². The largest absolute Gasteiger partial charge is 0.382 e. The Balaban J connectivity index is 3.21. The third-order valence-corrected chi connectivity index (χ3v) is 1.93. The van der Waals surface area contributed by atoms with E-state index in [4.69, 9.17) is 9.47 Å². The van der Waals surface area contributed by atoms with Gasteiger partial charge >= 0.3 is 0 Å². The molecule has 0 fully saturated rings. The Morgan fingerprint density at radius 2 is 2.20 bits per heavy atom.